The number of unbranched alkanes of at least 4 members (excludes halogenated alkanes) is 1. The number of benzene rings is 2. The Morgan fingerprint density at radius 3 is 2.55 bits per heavy atom. The van der Waals surface area contributed by atoms with Crippen molar-refractivity contribution in [2.24, 2.45) is 0 Å². The van der Waals surface area contributed by atoms with Crippen molar-refractivity contribution in [3.05, 3.63) is 92.4 Å². The van der Waals surface area contributed by atoms with E-state index in [1.165, 1.54) is 4.57 Å². The number of aromatic nitrogens is 1. The summed E-state index contributed by atoms with van der Waals surface area (Å²) in [5.74, 6) is -0.296. The summed E-state index contributed by atoms with van der Waals surface area (Å²) in [6.07, 6.45) is 3.79. The number of amides is 1. The first kappa shape index (κ1) is 28.0. The molecule has 3 aromatic rings. The topological polar surface area (TPSA) is 107 Å². The van der Waals surface area contributed by atoms with Crippen molar-refractivity contribution in [3.8, 4) is 11.5 Å². The van der Waals surface area contributed by atoms with Gasteiger partial charge in [-0.15, -0.1) is 0 Å². The van der Waals surface area contributed by atoms with Crippen molar-refractivity contribution in [2.75, 3.05) is 0 Å². The van der Waals surface area contributed by atoms with E-state index in [-0.39, 0.29) is 12.0 Å². The number of nitrogens with zero attached hydrogens (tertiary/aromatic N) is 1. The Morgan fingerprint density at radius 2 is 1.84 bits per heavy atom. The predicted octanol–water partition coefficient (Wildman–Crippen LogP) is 2.15. The van der Waals surface area contributed by atoms with Crippen LogP contribution in [-0.4, -0.2) is 21.6 Å². The van der Waals surface area contributed by atoms with Crippen molar-refractivity contribution >= 4 is 23.5 Å². The summed E-state index contributed by atoms with van der Waals surface area (Å²) in [4.78, 5) is 39.0. The summed E-state index contributed by atoms with van der Waals surface area (Å²) in [6.45, 7) is 3.90. The third kappa shape index (κ3) is 6.87. The fourth-order valence-electron chi connectivity index (χ4n) is 4.44. The van der Waals surface area contributed by atoms with Crippen LogP contribution in [0.1, 0.15) is 66.9 Å². The van der Waals surface area contributed by atoms with Gasteiger partial charge in [-0.3, -0.25) is 0 Å². The summed E-state index contributed by atoms with van der Waals surface area (Å²) < 4.78 is 12.5. The van der Waals surface area contributed by atoms with Crippen LogP contribution in [0.4, 0.5) is 0 Å². The van der Waals surface area contributed by atoms with Crippen LogP contribution >= 0.6 is 11.6 Å². The van der Waals surface area contributed by atoms with Gasteiger partial charge in [0, 0.05) is 5.02 Å². The summed E-state index contributed by atoms with van der Waals surface area (Å²) in [5.41, 5.74) is 2.71. The third-order valence-corrected chi connectivity index (χ3v) is 7.89. The molecule has 2 N–H and O–H groups in total. The summed E-state index contributed by atoms with van der Waals surface area (Å²) >= 11 is 5.12. The van der Waals surface area contributed by atoms with Gasteiger partial charge in [0.05, 0.1) is 0 Å². The summed E-state index contributed by atoms with van der Waals surface area (Å²) in [7, 11) is 0. The maximum absolute atomic E-state index is 13.7. The molecule has 2 heterocycles. The molecule has 10 heteroatoms. The van der Waals surface area contributed by atoms with Gasteiger partial charge in [-0.2, -0.15) is 0 Å². The average Bonchev–Trinajstić information content (AvgIpc) is 3.35. The number of nitrogens with one attached hydrogen (secondary N) is 1. The van der Waals surface area contributed by atoms with Gasteiger partial charge in [0.15, 0.2) is 0 Å². The van der Waals surface area contributed by atoms with Gasteiger partial charge in [-0.1, -0.05) is 23.7 Å². The molecule has 1 aromatic heterocycles. The van der Waals surface area contributed by atoms with E-state index in [4.69, 9.17) is 17.7 Å². The van der Waals surface area contributed by atoms with E-state index in [1.807, 2.05) is 32.0 Å². The molecule has 1 aliphatic heterocycles. The zero-order chi connectivity index (χ0) is 27.2. The maximum atomic E-state index is 13.7. The number of hydrogen-bond acceptors (Lipinski definition) is 5. The van der Waals surface area contributed by atoms with Crippen molar-refractivity contribution < 1.29 is 42.9 Å². The van der Waals surface area contributed by atoms with Gasteiger partial charge in [0.1, 0.15) is 0 Å². The molecular weight excluding hydrogens is 623 g/mol. The molecule has 0 fully saturated rings. The molecule has 2 atom stereocenters. The Balaban J connectivity index is 1.65. The van der Waals surface area contributed by atoms with E-state index in [0.29, 0.717) is 40.5 Å². The molecule has 2 unspecified atom stereocenters. The van der Waals surface area contributed by atoms with E-state index < -0.39 is 46.0 Å². The van der Waals surface area contributed by atoms with E-state index in [9.17, 15) is 19.5 Å². The van der Waals surface area contributed by atoms with Crippen molar-refractivity contribution in [1.29, 1.82) is 0 Å². The number of carboxylic acids is 1. The number of fused-ring (bicyclic) bond motifs is 1. The van der Waals surface area contributed by atoms with Crippen LogP contribution in [-0.2, 0) is 16.0 Å². The Bertz CT molecular complexity index is 1370. The fraction of sp³-hybridized carbons (Fsp3) is 0.321. The van der Waals surface area contributed by atoms with Crippen LogP contribution in [0, 0.1) is 6.92 Å². The van der Waals surface area contributed by atoms with E-state index in [2.05, 4.69) is 5.32 Å². The first-order valence-corrected chi connectivity index (χ1v) is 14.5. The van der Waals surface area contributed by atoms with Gasteiger partial charge in [-0.05, 0) is 17.7 Å². The third-order valence-electron chi connectivity index (χ3n) is 6.33. The van der Waals surface area contributed by atoms with Crippen LogP contribution in [0.3, 0.4) is 0 Å². The molecule has 0 spiro atoms. The molecule has 0 radical (unpaired) electrons. The molecule has 202 valence electrons. The number of rotatable bonds is 11. The minimum absolute atomic E-state index is 0.247. The molecule has 1 amide bonds. The number of aryl methyl sites for hydroxylation is 1. The number of carboxylic acid groups (broad SMARTS) is 1. The number of halogens is 2. The van der Waals surface area contributed by atoms with Crippen molar-refractivity contribution in [2.45, 2.75) is 58.0 Å². The zero-order valence-corrected chi connectivity index (χ0v) is 24.0. The van der Waals surface area contributed by atoms with E-state index in [0.717, 1.165) is 24.0 Å². The van der Waals surface area contributed by atoms with Gasteiger partial charge >= 0.3 is 192 Å². The van der Waals surface area contributed by atoms with Gasteiger partial charge < -0.3 is 0 Å². The molecule has 8 nitrogen and oxygen atoms in total. The summed E-state index contributed by atoms with van der Waals surface area (Å²) in [5, 5.41) is 13.1. The second-order valence-corrected chi connectivity index (χ2v) is 11.0. The number of hydrogen-bond donors (Lipinski definition) is 2. The van der Waals surface area contributed by atoms with Crippen LogP contribution in [0.25, 0.3) is 0 Å². The Morgan fingerprint density at radius 1 is 1.11 bits per heavy atom. The quantitative estimate of drug-likeness (QED) is 0.308. The second-order valence-electron chi connectivity index (χ2n) is 9.30. The Hall–Kier alpha value is -3.05. The average molecular weight is 652 g/mol. The monoisotopic (exact) mass is 651 g/mol. The standard InChI is InChI=1S/C28H29ClIN2O6/c1-3-4-5-23(32-16-17(2)12-20(28(32)36)13-18-6-9-21(29)10-7-18)27(35)31-22(15-26(33)34)19-8-11-24-25(14-19)38-30-37-24/h6-12,14,16,22-23H,3-5,13,15H2,1-2H3,(H,31,35)(H,33,34)/q-1. The molecule has 2 aromatic carbocycles. The Labute approximate surface area is 237 Å². The van der Waals surface area contributed by atoms with Crippen LogP contribution < -0.4 is 39.0 Å². The molecule has 4 rings (SSSR count). The van der Waals surface area contributed by atoms with E-state index in [1.54, 1.807) is 36.5 Å². The number of carbonyl (C=O) groups excluding carboxylic acids is 1. The van der Waals surface area contributed by atoms with E-state index >= 15 is 0 Å². The van der Waals surface area contributed by atoms with Crippen molar-refractivity contribution in [1.82, 2.24) is 9.88 Å². The number of pyridine rings is 1. The zero-order valence-electron chi connectivity index (χ0n) is 21.1. The Kier molecular flexibility index (Phi) is 9.32. The van der Waals surface area contributed by atoms with Gasteiger partial charge in [-0.25, -0.2) is 0 Å². The van der Waals surface area contributed by atoms with Gasteiger partial charge in [0.2, 0.25) is 0 Å². The molecule has 0 bridgehead atoms. The predicted molar refractivity (Wildman–Crippen MR) is 139 cm³/mol. The summed E-state index contributed by atoms with van der Waals surface area (Å²) in [6, 6.07) is 12.7. The van der Waals surface area contributed by atoms with Crippen LogP contribution in [0.15, 0.2) is 59.5 Å². The SMILES string of the molecule is CCCCC(C(=O)NC(CC(=O)O)c1ccc2c(c1)O[I-]O2)n1cc(C)cc(Cc2ccc(Cl)cc2)c1=O. The number of carbonyl (C=O) groups is 2. The first-order valence-electron chi connectivity index (χ1n) is 12.4. The van der Waals surface area contributed by atoms with Crippen molar-refractivity contribution in [3.63, 3.8) is 0 Å². The molecule has 1 aliphatic rings. The second kappa shape index (κ2) is 12.7. The normalized spacial score (nSPS) is 13.9. The fourth-order valence-corrected chi connectivity index (χ4v) is 5.75. The minimum atomic E-state index is -1.05. The van der Waals surface area contributed by atoms with Gasteiger partial charge in [0.25, 0.3) is 0 Å². The molecule has 38 heavy (non-hydrogen) atoms. The van der Waals surface area contributed by atoms with Crippen LogP contribution in [0.2, 0.25) is 5.02 Å². The van der Waals surface area contributed by atoms with Crippen LogP contribution in [0.5, 0.6) is 11.5 Å². The first-order chi connectivity index (χ1) is 18.2. The molecule has 0 saturated heterocycles. The number of aliphatic carboxylic acids is 1. The molecule has 0 saturated carbocycles. The molecular formula is C28H29ClIN2O6-. The molecule has 0 aliphatic carbocycles.